The molecule has 0 saturated heterocycles. The maximum Gasteiger partial charge on any atom is 0.144 e. The van der Waals surface area contributed by atoms with Crippen LogP contribution in [-0.4, -0.2) is 10.3 Å². The van der Waals surface area contributed by atoms with Crippen LogP contribution in [0.5, 0.6) is 0 Å². The molecule has 4 aromatic rings. The third-order valence-electron chi connectivity index (χ3n) is 9.06. The Bertz CT molecular complexity index is 1290. The minimum absolute atomic E-state index is 0.854. The molecule has 0 saturated carbocycles. The van der Waals surface area contributed by atoms with Gasteiger partial charge in [-0.15, -0.1) is 22.7 Å². The summed E-state index contributed by atoms with van der Waals surface area (Å²) in [6.07, 6.45) is 29.6. The number of unbranched alkanes of at least 4 members (excludes halogenated alkanes) is 18. The van der Waals surface area contributed by atoms with Gasteiger partial charge >= 0.3 is 0 Å². The smallest absolute Gasteiger partial charge is 0.144 e. The Balaban J connectivity index is 1.27. The van der Waals surface area contributed by atoms with Gasteiger partial charge in [0.15, 0.2) is 0 Å². The van der Waals surface area contributed by atoms with E-state index in [4.69, 9.17) is 4.63 Å². The molecule has 3 aromatic heterocycles. The molecule has 0 N–H and O–H groups in total. The van der Waals surface area contributed by atoms with Crippen molar-refractivity contribution in [3.05, 3.63) is 43.0 Å². The minimum Gasteiger partial charge on any atom is -0.243 e. The standard InChI is InChI=1S/C38H54Br2N2OS2/c1-3-5-7-9-11-13-15-17-19-21-23-29-27-33(44-37(29)39)31-25-26-32(36-35(31)41-43-42-36)34-28-30(38(40)45-34)24-22-20-18-16-14-12-10-8-6-4-2/h25-28H,3-24H2,1-2H3. The molecule has 0 fully saturated rings. The van der Waals surface area contributed by atoms with Crippen LogP contribution in [0.1, 0.15) is 153 Å². The fourth-order valence-electron chi connectivity index (χ4n) is 6.29. The van der Waals surface area contributed by atoms with Crippen LogP contribution >= 0.6 is 54.5 Å². The number of benzene rings is 1. The lowest BCUT2D eigenvalue weighted by Gasteiger charge is -2.03. The topological polar surface area (TPSA) is 38.9 Å². The van der Waals surface area contributed by atoms with Crippen molar-refractivity contribution < 1.29 is 4.63 Å². The second-order valence-corrected chi connectivity index (χ2v) is 17.5. The zero-order valence-corrected chi connectivity index (χ0v) is 32.5. The molecule has 3 nitrogen and oxygen atoms in total. The number of aryl methyl sites for hydroxylation is 2. The van der Waals surface area contributed by atoms with Crippen molar-refractivity contribution in [3.63, 3.8) is 0 Å². The zero-order valence-electron chi connectivity index (χ0n) is 27.7. The summed E-state index contributed by atoms with van der Waals surface area (Å²) in [4.78, 5) is 2.45. The van der Waals surface area contributed by atoms with Crippen LogP contribution in [0, 0.1) is 0 Å². The highest BCUT2D eigenvalue weighted by Crippen LogP contribution is 2.43. The van der Waals surface area contributed by atoms with E-state index in [1.54, 1.807) is 22.7 Å². The molecule has 0 spiro atoms. The van der Waals surface area contributed by atoms with E-state index in [1.165, 1.54) is 157 Å². The van der Waals surface area contributed by atoms with Crippen LogP contribution in [0.15, 0.2) is 36.5 Å². The zero-order chi connectivity index (χ0) is 31.7. The van der Waals surface area contributed by atoms with Crippen LogP contribution in [-0.2, 0) is 12.8 Å². The van der Waals surface area contributed by atoms with Crippen molar-refractivity contribution in [1.29, 1.82) is 0 Å². The molecule has 0 unspecified atom stereocenters. The quantitative estimate of drug-likeness (QED) is 0.0665. The predicted molar refractivity (Wildman–Crippen MR) is 205 cm³/mol. The first-order valence-corrected chi connectivity index (χ1v) is 21.2. The Kier molecular flexibility index (Phi) is 17.2. The van der Waals surface area contributed by atoms with E-state index in [-0.39, 0.29) is 0 Å². The van der Waals surface area contributed by atoms with Gasteiger partial charge in [-0.1, -0.05) is 142 Å². The van der Waals surface area contributed by atoms with Crippen LogP contribution in [0.3, 0.4) is 0 Å². The van der Waals surface area contributed by atoms with E-state index in [0.717, 1.165) is 35.0 Å². The Morgan fingerprint density at radius 1 is 0.511 bits per heavy atom. The number of nitrogens with zero attached hydrogens (tertiary/aromatic N) is 2. The van der Waals surface area contributed by atoms with Gasteiger partial charge in [-0.25, -0.2) is 4.63 Å². The summed E-state index contributed by atoms with van der Waals surface area (Å²) in [6.45, 7) is 4.58. The molecule has 4 rings (SSSR count). The second kappa shape index (κ2) is 21.1. The fraction of sp³-hybridized carbons (Fsp3) is 0.632. The van der Waals surface area contributed by atoms with Gasteiger partial charge in [0.1, 0.15) is 11.0 Å². The number of aromatic nitrogens is 2. The maximum atomic E-state index is 5.33. The van der Waals surface area contributed by atoms with E-state index >= 15 is 0 Å². The van der Waals surface area contributed by atoms with Crippen molar-refractivity contribution in [2.45, 2.75) is 155 Å². The average molecular weight is 779 g/mol. The van der Waals surface area contributed by atoms with Gasteiger partial charge < -0.3 is 0 Å². The molecule has 0 amide bonds. The first-order valence-electron chi connectivity index (χ1n) is 17.9. The van der Waals surface area contributed by atoms with Gasteiger partial charge in [0.2, 0.25) is 0 Å². The van der Waals surface area contributed by atoms with E-state index in [9.17, 15) is 0 Å². The third kappa shape index (κ3) is 11.9. The Morgan fingerprint density at radius 2 is 0.844 bits per heavy atom. The summed E-state index contributed by atoms with van der Waals surface area (Å²) in [6, 6.07) is 9.11. The molecule has 7 heteroatoms. The summed E-state index contributed by atoms with van der Waals surface area (Å²) in [7, 11) is 0. The lowest BCUT2D eigenvalue weighted by atomic mass is 10.0. The fourth-order valence-corrected chi connectivity index (χ4v) is 9.88. The van der Waals surface area contributed by atoms with E-state index in [2.05, 4.69) is 80.3 Å². The predicted octanol–water partition coefficient (Wildman–Crippen LogP) is 15.1. The third-order valence-corrected chi connectivity index (χ3v) is 13.0. The monoisotopic (exact) mass is 776 g/mol. The number of hydrogen-bond donors (Lipinski definition) is 0. The van der Waals surface area contributed by atoms with Crippen molar-refractivity contribution in [2.75, 3.05) is 0 Å². The average Bonchev–Trinajstić information content (AvgIpc) is 3.77. The molecule has 0 radical (unpaired) electrons. The highest BCUT2D eigenvalue weighted by Gasteiger charge is 2.19. The Labute approximate surface area is 297 Å². The SMILES string of the molecule is CCCCCCCCCCCCc1cc(-c2ccc(-c3cc(CCCCCCCCCCCC)c(Br)s3)c3nonc23)sc1Br. The van der Waals surface area contributed by atoms with Crippen LogP contribution < -0.4 is 0 Å². The number of hydrogen-bond acceptors (Lipinski definition) is 5. The molecular weight excluding hydrogens is 724 g/mol. The molecule has 1 aromatic carbocycles. The molecule has 0 aliphatic rings. The number of rotatable bonds is 24. The first kappa shape index (κ1) is 36.8. The minimum atomic E-state index is 0.854. The number of thiophene rings is 2. The Hall–Kier alpha value is -1.02. The highest BCUT2D eigenvalue weighted by atomic mass is 79.9. The van der Waals surface area contributed by atoms with Crippen molar-refractivity contribution in [1.82, 2.24) is 10.3 Å². The van der Waals surface area contributed by atoms with Gasteiger partial charge in [0, 0.05) is 20.9 Å². The molecular formula is C38H54Br2N2OS2. The number of halogens is 2. The molecule has 0 atom stereocenters. The molecule has 0 bridgehead atoms. The van der Waals surface area contributed by atoms with E-state index in [1.807, 2.05) is 0 Å². The normalized spacial score (nSPS) is 11.7. The van der Waals surface area contributed by atoms with Gasteiger partial charge in [-0.05, 0) is 91.1 Å². The number of fused-ring (bicyclic) bond motifs is 1. The van der Waals surface area contributed by atoms with E-state index < -0.39 is 0 Å². The molecule has 3 heterocycles. The summed E-state index contributed by atoms with van der Waals surface area (Å²) in [5, 5.41) is 8.76. The Morgan fingerprint density at radius 3 is 1.20 bits per heavy atom. The second-order valence-electron chi connectivity index (χ2n) is 12.8. The van der Waals surface area contributed by atoms with Crippen LogP contribution in [0.2, 0.25) is 0 Å². The lowest BCUT2D eigenvalue weighted by Crippen LogP contribution is -1.86. The van der Waals surface area contributed by atoms with Gasteiger partial charge in [0.05, 0.1) is 7.57 Å². The van der Waals surface area contributed by atoms with Gasteiger partial charge in [-0.2, -0.15) is 0 Å². The summed E-state index contributed by atoms with van der Waals surface area (Å²) in [5.74, 6) is 0. The van der Waals surface area contributed by atoms with Gasteiger partial charge in [0.25, 0.3) is 0 Å². The van der Waals surface area contributed by atoms with Crippen LogP contribution in [0.4, 0.5) is 0 Å². The molecule has 248 valence electrons. The van der Waals surface area contributed by atoms with Crippen molar-refractivity contribution in [3.8, 4) is 20.9 Å². The van der Waals surface area contributed by atoms with Crippen molar-refractivity contribution >= 4 is 65.6 Å². The molecule has 0 aliphatic carbocycles. The largest absolute Gasteiger partial charge is 0.243 e. The lowest BCUT2D eigenvalue weighted by molar-refractivity contribution is 0.315. The van der Waals surface area contributed by atoms with Crippen molar-refractivity contribution in [2.24, 2.45) is 0 Å². The highest BCUT2D eigenvalue weighted by molar-refractivity contribution is 9.11. The molecule has 45 heavy (non-hydrogen) atoms. The summed E-state index contributed by atoms with van der Waals surface area (Å²) < 4.78 is 7.80. The summed E-state index contributed by atoms with van der Waals surface area (Å²) in [5.41, 5.74) is 6.73. The molecule has 0 aliphatic heterocycles. The summed E-state index contributed by atoms with van der Waals surface area (Å²) >= 11 is 11.3. The van der Waals surface area contributed by atoms with Crippen LogP contribution in [0.25, 0.3) is 31.9 Å². The van der Waals surface area contributed by atoms with Gasteiger partial charge in [-0.3, -0.25) is 0 Å². The maximum absolute atomic E-state index is 5.33. The van der Waals surface area contributed by atoms with E-state index in [0.29, 0.717) is 0 Å². The first-order chi connectivity index (χ1) is 22.1.